The first kappa shape index (κ1) is 14.6. The summed E-state index contributed by atoms with van der Waals surface area (Å²) in [6.45, 7) is 4.53. The van der Waals surface area contributed by atoms with Gasteiger partial charge in [0.05, 0.1) is 0 Å². The second-order valence-corrected chi connectivity index (χ2v) is 7.37. The highest BCUT2D eigenvalue weighted by Crippen LogP contribution is 2.48. The van der Waals surface area contributed by atoms with Gasteiger partial charge in [-0.1, -0.05) is 26.3 Å². The lowest BCUT2D eigenvalue weighted by atomic mass is 9.62. The van der Waals surface area contributed by atoms with E-state index in [1.807, 2.05) is 6.07 Å². The van der Waals surface area contributed by atoms with E-state index < -0.39 is 0 Å². The van der Waals surface area contributed by atoms with E-state index in [0.717, 1.165) is 12.8 Å². The number of phenols is 1. The lowest BCUT2D eigenvalue weighted by Crippen LogP contribution is -2.35. The van der Waals surface area contributed by atoms with Crippen LogP contribution in [0.5, 0.6) is 5.75 Å². The normalized spacial score (nSPS) is 28.3. The predicted molar refractivity (Wildman–Crippen MR) is 84.5 cm³/mol. The molecule has 0 aliphatic heterocycles. The predicted octanol–water partition coefficient (Wildman–Crippen LogP) is 4.45. The van der Waals surface area contributed by atoms with Crippen LogP contribution in [0.15, 0.2) is 18.2 Å². The molecule has 3 atom stereocenters. The molecule has 2 aliphatic rings. The van der Waals surface area contributed by atoms with Crippen molar-refractivity contribution in [2.24, 2.45) is 17.8 Å². The number of rotatable bonds is 3. The molecule has 0 aromatic heterocycles. The first-order chi connectivity index (χ1) is 10.0. The molecule has 0 bridgehead atoms. The number of phenolic OH excluding ortho intramolecular Hbond substituents is 1. The number of fused-ring (bicyclic) bond motifs is 3. The number of aryl methyl sites for hydroxylation is 1. The van der Waals surface area contributed by atoms with Crippen LogP contribution in [0.1, 0.15) is 63.0 Å². The van der Waals surface area contributed by atoms with Crippen molar-refractivity contribution < 1.29 is 9.90 Å². The van der Waals surface area contributed by atoms with E-state index >= 15 is 0 Å². The van der Waals surface area contributed by atoms with Gasteiger partial charge in [0.25, 0.3) is 0 Å². The standard InChI is InChI=1S/C19H26O2/c1-12(2)3-4-13-10-16(21)11-19-17(13)7-5-14-9-15(20)6-8-18(14)19/h6,8-9,12-13,17,19-20H,3-5,7,10-11H2,1-2H3/t13-,17-,19-/m0/s1. The number of ketones is 1. The molecular formula is C19H26O2. The number of aromatic hydroxyl groups is 1. The molecule has 1 N–H and O–H groups in total. The molecule has 2 aliphatic carbocycles. The molecule has 0 heterocycles. The number of benzene rings is 1. The van der Waals surface area contributed by atoms with Gasteiger partial charge in [0.1, 0.15) is 11.5 Å². The second-order valence-electron chi connectivity index (χ2n) is 7.37. The van der Waals surface area contributed by atoms with Gasteiger partial charge in [-0.25, -0.2) is 0 Å². The fourth-order valence-electron chi connectivity index (χ4n) is 4.39. The maximum atomic E-state index is 12.2. The highest BCUT2D eigenvalue weighted by atomic mass is 16.3. The molecule has 2 nitrogen and oxygen atoms in total. The van der Waals surface area contributed by atoms with E-state index in [-0.39, 0.29) is 0 Å². The quantitative estimate of drug-likeness (QED) is 0.891. The largest absolute Gasteiger partial charge is 0.508 e. The summed E-state index contributed by atoms with van der Waals surface area (Å²) in [4.78, 5) is 12.2. The first-order valence-corrected chi connectivity index (χ1v) is 8.38. The highest BCUT2D eigenvalue weighted by molar-refractivity contribution is 5.81. The zero-order valence-electron chi connectivity index (χ0n) is 13.1. The Bertz CT molecular complexity index is 532. The topological polar surface area (TPSA) is 37.3 Å². The summed E-state index contributed by atoms with van der Waals surface area (Å²) in [5, 5.41) is 9.67. The molecule has 3 rings (SSSR count). The summed E-state index contributed by atoms with van der Waals surface area (Å²) >= 11 is 0. The van der Waals surface area contributed by atoms with E-state index in [2.05, 4.69) is 19.9 Å². The average Bonchev–Trinajstić information content (AvgIpc) is 2.43. The molecule has 0 spiro atoms. The molecule has 1 aromatic rings. The van der Waals surface area contributed by atoms with Gasteiger partial charge in [-0.2, -0.15) is 0 Å². The zero-order valence-corrected chi connectivity index (χ0v) is 13.1. The smallest absolute Gasteiger partial charge is 0.133 e. The Morgan fingerprint density at radius 3 is 2.86 bits per heavy atom. The van der Waals surface area contributed by atoms with Crippen LogP contribution in [0.25, 0.3) is 0 Å². The summed E-state index contributed by atoms with van der Waals surface area (Å²) < 4.78 is 0. The number of Topliss-reactive ketones (excluding diaryl/α,β-unsaturated/α-hetero) is 1. The highest BCUT2D eigenvalue weighted by Gasteiger charge is 2.40. The third-order valence-electron chi connectivity index (χ3n) is 5.45. The van der Waals surface area contributed by atoms with Crippen LogP contribution in [0.4, 0.5) is 0 Å². The molecular weight excluding hydrogens is 260 g/mol. The average molecular weight is 286 g/mol. The Morgan fingerprint density at radius 1 is 1.29 bits per heavy atom. The number of hydrogen-bond donors (Lipinski definition) is 1. The van der Waals surface area contributed by atoms with Crippen LogP contribution < -0.4 is 0 Å². The summed E-state index contributed by atoms with van der Waals surface area (Å²) in [5.74, 6) is 3.14. The third-order valence-corrected chi connectivity index (χ3v) is 5.45. The Labute approximate surface area is 127 Å². The van der Waals surface area contributed by atoms with Crippen molar-refractivity contribution in [3.8, 4) is 5.75 Å². The molecule has 21 heavy (non-hydrogen) atoms. The molecule has 114 valence electrons. The molecule has 1 saturated carbocycles. The van der Waals surface area contributed by atoms with Crippen molar-refractivity contribution >= 4 is 5.78 Å². The van der Waals surface area contributed by atoms with E-state index in [4.69, 9.17) is 0 Å². The van der Waals surface area contributed by atoms with Crippen LogP contribution in [-0.4, -0.2) is 10.9 Å². The molecule has 2 heteroatoms. The Balaban J connectivity index is 1.84. The van der Waals surface area contributed by atoms with Gasteiger partial charge in [0.2, 0.25) is 0 Å². The molecule has 1 aromatic carbocycles. The second kappa shape index (κ2) is 5.82. The van der Waals surface area contributed by atoms with Crippen molar-refractivity contribution in [3.63, 3.8) is 0 Å². The van der Waals surface area contributed by atoms with Gasteiger partial charge < -0.3 is 5.11 Å². The fourth-order valence-corrected chi connectivity index (χ4v) is 4.39. The lowest BCUT2D eigenvalue weighted by molar-refractivity contribution is -0.123. The molecule has 0 amide bonds. The van der Waals surface area contributed by atoms with E-state index in [9.17, 15) is 9.90 Å². The Kier molecular flexibility index (Phi) is 4.05. The first-order valence-electron chi connectivity index (χ1n) is 8.38. The van der Waals surface area contributed by atoms with Gasteiger partial charge in [0, 0.05) is 12.8 Å². The number of carbonyl (C=O) groups is 1. The maximum absolute atomic E-state index is 12.2. The monoisotopic (exact) mass is 286 g/mol. The Hall–Kier alpha value is -1.31. The fraction of sp³-hybridized carbons (Fsp3) is 0.632. The Morgan fingerprint density at radius 2 is 2.10 bits per heavy atom. The van der Waals surface area contributed by atoms with E-state index in [1.165, 1.54) is 30.4 Å². The van der Waals surface area contributed by atoms with Crippen LogP contribution in [0.2, 0.25) is 0 Å². The van der Waals surface area contributed by atoms with Gasteiger partial charge in [-0.15, -0.1) is 0 Å². The van der Waals surface area contributed by atoms with Crippen molar-refractivity contribution in [3.05, 3.63) is 29.3 Å². The van der Waals surface area contributed by atoms with Crippen molar-refractivity contribution in [2.75, 3.05) is 0 Å². The SMILES string of the molecule is CC(C)CC[C@H]1CC(=O)C[C@@H]2c3ccc(O)cc3CC[C@@H]12. The van der Waals surface area contributed by atoms with Crippen molar-refractivity contribution in [1.29, 1.82) is 0 Å². The number of carbonyl (C=O) groups excluding carboxylic acids is 1. The van der Waals surface area contributed by atoms with Crippen molar-refractivity contribution in [1.82, 2.24) is 0 Å². The molecule has 0 radical (unpaired) electrons. The van der Waals surface area contributed by atoms with E-state index in [1.54, 1.807) is 6.07 Å². The van der Waals surface area contributed by atoms with Gasteiger partial charge in [-0.3, -0.25) is 4.79 Å². The summed E-state index contributed by atoms with van der Waals surface area (Å²) in [6, 6.07) is 5.73. The summed E-state index contributed by atoms with van der Waals surface area (Å²) in [5.41, 5.74) is 2.58. The minimum Gasteiger partial charge on any atom is -0.508 e. The van der Waals surface area contributed by atoms with Gasteiger partial charge in [-0.05, 0) is 66.2 Å². The molecule has 0 unspecified atom stereocenters. The van der Waals surface area contributed by atoms with Gasteiger partial charge >= 0.3 is 0 Å². The zero-order chi connectivity index (χ0) is 15.0. The minimum absolute atomic E-state index is 0.352. The summed E-state index contributed by atoms with van der Waals surface area (Å²) in [6.07, 6.45) is 6.15. The van der Waals surface area contributed by atoms with Crippen LogP contribution >= 0.6 is 0 Å². The van der Waals surface area contributed by atoms with E-state index in [0.29, 0.717) is 41.6 Å². The van der Waals surface area contributed by atoms with Crippen LogP contribution in [0.3, 0.4) is 0 Å². The third kappa shape index (κ3) is 3.00. The minimum atomic E-state index is 0.352. The van der Waals surface area contributed by atoms with Gasteiger partial charge in [0.15, 0.2) is 0 Å². The molecule has 1 fully saturated rings. The van der Waals surface area contributed by atoms with Crippen LogP contribution in [0, 0.1) is 17.8 Å². The lowest BCUT2D eigenvalue weighted by Gasteiger charge is -2.42. The number of hydrogen-bond acceptors (Lipinski definition) is 2. The van der Waals surface area contributed by atoms with Crippen molar-refractivity contribution in [2.45, 2.75) is 58.3 Å². The molecule has 0 saturated heterocycles. The summed E-state index contributed by atoms with van der Waals surface area (Å²) in [7, 11) is 0. The maximum Gasteiger partial charge on any atom is 0.133 e. The van der Waals surface area contributed by atoms with Crippen LogP contribution in [-0.2, 0) is 11.2 Å².